The van der Waals surface area contributed by atoms with Crippen molar-refractivity contribution in [2.75, 3.05) is 52.2 Å². The van der Waals surface area contributed by atoms with E-state index in [9.17, 15) is 4.79 Å². The lowest BCUT2D eigenvalue weighted by Gasteiger charge is -2.36. The van der Waals surface area contributed by atoms with Crippen LogP contribution < -0.4 is 10.2 Å². The molecule has 0 radical (unpaired) electrons. The minimum Gasteiger partial charge on any atom is -0.459 e. The van der Waals surface area contributed by atoms with Crippen LogP contribution in [0.25, 0.3) is 0 Å². The summed E-state index contributed by atoms with van der Waals surface area (Å²) in [4.78, 5) is 27.2. The van der Waals surface area contributed by atoms with Gasteiger partial charge < -0.3 is 24.4 Å². The molecule has 0 aromatic carbocycles. The molecule has 1 amide bonds. The number of guanidine groups is 1. The van der Waals surface area contributed by atoms with Crippen molar-refractivity contribution in [1.82, 2.24) is 20.1 Å². The molecule has 0 bridgehead atoms. The molecular formula is C19H27IN6O2. The zero-order valence-corrected chi connectivity index (χ0v) is 18.8. The maximum Gasteiger partial charge on any atom is 0.289 e. The number of hydrogen-bond donors (Lipinski definition) is 1. The third kappa shape index (κ3) is 5.15. The van der Waals surface area contributed by atoms with Gasteiger partial charge >= 0.3 is 0 Å². The number of piperazine rings is 1. The minimum atomic E-state index is -0.0615. The highest BCUT2D eigenvalue weighted by Gasteiger charge is 2.25. The van der Waals surface area contributed by atoms with Crippen LogP contribution in [0.2, 0.25) is 0 Å². The smallest absolute Gasteiger partial charge is 0.289 e. The van der Waals surface area contributed by atoms with Gasteiger partial charge in [-0.1, -0.05) is 6.07 Å². The first-order chi connectivity index (χ1) is 13.1. The Morgan fingerprint density at radius 1 is 1.21 bits per heavy atom. The maximum absolute atomic E-state index is 12.4. The summed E-state index contributed by atoms with van der Waals surface area (Å²) in [5.74, 6) is 2.09. The van der Waals surface area contributed by atoms with Gasteiger partial charge in [0, 0.05) is 65.6 Å². The Morgan fingerprint density at radius 2 is 1.93 bits per heavy atom. The van der Waals surface area contributed by atoms with E-state index < -0.39 is 0 Å². The zero-order valence-electron chi connectivity index (χ0n) is 16.5. The van der Waals surface area contributed by atoms with Gasteiger partial charge in [-0.15, -0.1) is 24.0 Å². The quantitative estimate of drug-likeness (QED) is 0.394. The predicted octanol–water partition coefficient (Wildman–Crippen LogP) is 1.89. The Bertz CT molecular complexity index is 785. The summed E-state index contributed by atoms with van der Waals surface area (Å²) in [5, 5.41) is 3.41. The molecule has 1 aliphatic rings. The van der Waals surface area contributed by atoms with Gasteiger partial charge in [0.15, 0.2) is 11.7 Å². The molecule has 3 rings (SSSR count). The lowest BCUT2D eigenvalue weighted by atomic mass is 10.2. The van der Waals surface area contributed by atoms with Gasteiger partial charge in [-0.05, 0) is 18.2 Å². The van der Waals surface area contributed by atoms with E-state index >= 15 is 0 Å². The second-order valence-corrected chi connectivity index (χ2v) is 6.54. The van der Waals surface area contributed by atoms with E-state index in [1.165, 1.54) is 6.26 Å². The molecule has 1 aliphatic heterocycles. The third-order valence-corrected chi connectivity index (χ3v) is 4.54. The molecule has 1 N–H and O–H groups in total. The Morgan fingerprint density at radius 3 is 2.54 bits per heavy atom. The molecule has 2 aromatic rings. The number of halogens is 1. The van der Waals surface area contributed by atoms with Crippen LogP contribution in [0.3, 0.4) is 0 Å². The van der Waals surface area contributed by atoms with Gasteiger partial charge in [-0.25, -0.2) is 4.98 Å². The summed E-state index contributed by atoms with van der Waals surface area (Å²) in [6, 6.07) is 7.43. The molecule has 3 heterocycles. The normalized spacial score (nSPS) is 14.5. The number of aromatic nitrogens is 1. The number of rotatable bonds is 4. The molecular weight excluding hydrogens is 471 g/mol. The average Bonchev–Trinajstić information content (AvgIpc) is 3.23. The van der Waals surface area contributed by atoms with Crippen molar-refractivity contribution in [3.05, 3.63) is 48.0 Å². The van der Waals surface area contributed by atoms with Gasteiger partial charge in [0.2, 0.25) is 0 Å². The van der Waals surface area contributed by atoms with E-state index in [0.29, 0.717) is 25.4 Å². The second-order valence-electron chi connectivity index (χ2n) is 6.54. The number of hydrogen-bond acceptors (Lipinski definition) is 5. The van der Waals surface area contributed by atoms with E-state index in [-0.39, 0.29) is 29.9 Å². The lowest BCUT2D eigenvalue weighted by molar-refractivity contribution is 0.0657. The van der Waals surface area contributed by atoms with Gasteiger partial charge in [-0.3, -0.25) is 9.79 Å². The van der Waals surface area contributed by atoms with Crippen LogP contribution in [0.4, 0.5) is 5.82 Å². The molecule has 9 heteroatoms. The predicted molar refractivity (Wildman–Crippen MR) is 120 cm³/mol. The molecule has 1 saturated heterocycles. The average molecular weight is 498 g/mol. The van der Waals surface area contributed by atoms with Crippen LogP contribution in [-0.2, 0) is 6.54 Å². The van der Waals surface area contributed by atoms with Crippen LogP contribution in [0, 0.1) is 0 Å². The lowest BCUT2D eigenvalue weighted by Crippen LogP contribution is -2.53. The number of aliphatic imine (C=N–C) groups is 1. The molecule has 8 nitrogen and oxygen atoms in total. The first-order valence-electron chi connectivity index (χ1n) is 8.99. The van der Waals surface area contributed by atoms with Crippen LogP contribution in [0.5, 0.6) is 0 Å². The van der Waals surface area contributed by atoms with Crippen LogP contribution in [0.15, 0.2) is 46.1 Å². The number of anilines is 1. The molecule has 0 unspecified atom stereocenters. The van der Waals surface area contributed by atoms with Gasteiger partial charge in [-0.2, -0.15) is 0 Å². The van der Waals surface area contributed by atoms with E-state index in [4.69, 9.17) is 4.42 Å². The zero-order chi connectivity index (χ0) is 19.2. The summed E-state index contributed by atoms with van der Waals surface area (Å²) >= 11 is 0. The van der Waals surface area contributed by atoms with Crippen molar-refractivity contribution < 1.29 is 9.21 Å². The number of amides is 1. The van der Waals surface area contributed by atoms with E-state index in [2.05, 4.69) is 26.3 Å². The highest BCUT2D eigenvalue weighted by Crippen LogP contribution is 2.14. The third-order valence-electron chi connectivity index (χ3n) is 4.54. The number of furan rings is 1. The molecule has 28 heavy (non-hydrogen) atoms. The van der Waals surface area contributed by atoms with Crippen molar-refractivity contribution in [2.45, 2.75) is 6.54 Å². The molecule has 0 spiro atoms. The van der Waals surface area contributed by atoms with E-state index in [1.807, 2.05) is 30.0 Å². The first kappa shape index (κ1) is 22.0. The number of pyridine rings is 1. The Hall–Kier alpha value is -2.30. The minimum absolute atomic E-state index is 0. The fourth-order valence-electron chi connectivity index (χ4n) is 3.15. The van der Waals surface area contributed by atoms with Crippen molar-refractivity contribution in [2.24, 2.45) is 4.99 Å². The number of carbonyl (C=O) groups is 1. The second kappa shape index (κ2) is 10.3. The Labute approximate surface area is 182 Å². The van der Waals surface area contributed by atoms with Gasteiger partial charge in [0.1, 0.15) is 5.82 Å². The van der Waals surface area contributed by atoms with Crippen LogP contribution >= 0.6 is 24.0 Å². The molecule has 1 fully saturated rings. The van der Waals surface area contributed by atoms with Crippen molar-refractivity contribution >= 4 is 41.7 Å². The SMILES string of the molecule is CN=C(NCc1cccnc1N(C)C)N1CCN(C(=O)c2ccco2)CC1.I. The largest absolute Gasteiger partial charge is 0.459 e. The topological polar surface area (TPSA) is 77.2 Å². The summed E-state index contributed by atoms with van der Waals surface area (Å²) in [5.41, 5.74) is 1.11. The van der Waals surface area contributed by atoms with E-state index in [1.54, 1.807) is 25.4 Å². The Kier molecular flexibility index (Phi) is 8.09. The number of nitrogens with zero attached hydrogens (tertiary/aromatic N) is 5. The molecule has 152 valence electrons. The summed E-state index contributed by atoms with van der Waals surface area (Å²) < 4.78 is 5.21. The summed E-state index contributed by atoms with van der Waals surface area (Å²) in [6.45, 7) is 3.35. The molecule has 2 aromatic heterocycles. The van der Waals surface area contributed by atoms with Gasteiger partial charge in [0.05, 0.1) is 6.26 Å². The van der Waals surface area contributed by atoms with Crippen LogP contribution in [-0.4, -0.2) is 74.0 Å². The standard InChI is InChI=1S/C19H26N6O2.HI/c1-20-19(22-14-15-6-4-8-21-17(15)23(2)3)25-11-9-24(10-12-25)18(26)16-7-5-13-27-16;/h4-8,13H,9-12,14H2,1-3H3,(H,20,22);1H. The molecule has 0 aliphatic carbocycles. The summed E-state index contributed by atoms with van der Waals surface area (Å²) in [7, 11) is 5.74. The maximum atomic E-state index is 12.4. The highest BCUT2D eigenvalue weighted by atomic mass is 127. The Balaban J connectivity index is 0.00000280. The van der Waals surface area contributed by atoms with Crippen LogP contribution in [0.1, 0.15) is 16.1 Å². The first-order valence-corrected chi connectivity index (χ1v) is 8.99. The monoisotopic (exact) mass is 498 g/mol. The van der Waals surface area contributed by atoms with E-state index in [0.717, 1.165) is 30.4 Å². The molecule has 0 saturated carbocycles. The fraction of sp³-hybridized carbons (Fsp3) is 0.421. The van der Waals surface area contributed by atoms with Crippen molar-refractivity contribution in [3.8, 4) is 0 Å². The fourth-order valence-corrected chi connectivity index (χ4v) is 3.15. The van der Waals surface area contributed by atoms with Crippen molar-refractivity contribution in [3.63, 3.8) is 0 Å². The summed E-state index contributed by atoms with van der Waals surface area (Å²) in [6.07, 6.45) is 3.32. The number of carbonyl (C=O) groups excluding carboxylic acids is 1. The van der Waals surface area contributed by atoms with Gasteiger partial charge in [0.25, 0.3) is 5.91 Å². The molecule has 0 atom stereocenters. The highest BCUT2D eigenvalue weighted by molar-refractivity contribution is 14.0. The number of nitrogens with one attached hydrogen (secondary N) is 1. The van der Waals surface area contributed by atoms with Crippen molar-refractivity contribution in [1.29, 1.82) is 0 Å².